The lowest BCUT2D eigenvalue weighted by Gasteiger charge is -2.22. The third-order valence-electron chi connectivity index (χ3n) is 3.83. The van der Waals surface area contributed by atoms with Gasteiger partial charge in [-0.2, -0.15) is 0 Å². The van der Waals surface area contributed by atoms with Gasteiger partial charge in [-0.15, -0.1) is 11.3 Å². The summed E-state index contributed by atoms with van der Waals surface area (Å²) in [6.45, 7) is 4.19. The minimum absolute atomic E-state index is 0.621. The number of hydrogen-bond acceptors (Lipinski definition) is 4. The highest BCUT2D eigenvalue weighted by atomic mass is 32.1. The Bertz CT molecular complexity index is 671. The number of benzene rings is 1. The average molecular weight is 362 g/mol. The van der Waals surface area contributed by atoms with Crippen molar-refractivity contribution in [2.75, 3.05) is 34.4 Å². The topological polar surface area (TPSA) is 46.1 Å². The van der Waals surface area contributed by atoms with Crippen LogP contribution >= 0.6 is 11.3 Å². The zero-order chi connectivity index (χ0) is 18.1. The Morgan fingerprint density at radius 2 is 2.12 bits per heavy atom. The van der Waals surface area contributed by atoms with Crippen molar-refractivity contribution in [2.45, 2.75) is 19.9 Å². The quantitative estimate of drug-likeness (QED) is 0.578. The fourth-order valence-electron chi connectivity index (χ4n) is 2.50. The summed E-state index contributed by atoms with van der Waals surface area (Å²) < 4.78 is 11.0. The van der Waals surface area contributed by atoms with Crippen molar-refractivity contribution in [3.05, 3.63) is 46.2 Å². The van der Waals surface area contributed by atoms with E-state index in [2.05, 4.69) is 39.8 Å². The van der Waals surface area contributed by atoms with Gasteiger partial charge < -0.3 is 19.7 Å². The van der Waals surface area contributed by atoms with Crippen LogP contribution in [-0.2, 0) is 13.0 Å². The summed E-state index contributed by atoms with van der Waals surface area (Å²) in [6, 6.07) is 10.2. The SMILES string of the molecule is CCOc1ccc(CNC(=NC)N(C)CCc2cccs2)cc1OC. The van der Waals surface area contributed by atoms with Crippen LogP contribution in [0.4, 0.5) is 0 Å². The van der Waals surface area contributed by atoms with E-state index in [0.717, 1.165) is 36.0 Å². The fraction of sp³-hybridized carbons (Fsp3) is 0.421. The first kappa shape index (κ1) is 19.1. The Labute approximate surface area is 154 Å². The minimum atomic E-state index is 0.621. The molecule has 0 atom stereocenters. The lowest BCUT2D eigenvalue weighted by molar-refractivity contribution is 0.310. The molecular weight excluding hydrogens is 334 g/mol. The van der Waals surface area contributed by atoms with E-state index in [1.165, 1.54) is 4.88 Å². The Hall–Kier alpha value is -2.21. The molecule has 1 aromatic carbocycles. The predicted octanol–water partition coefficient (Wildman–Crippen LogP) is 3.41. The first-order valence-electron chi connectivity index (χ1n) is 8.41. The minimum Gasteiger partial charge on any atom is -0.493 e. The molecule has 1 aromatic heterocycles. The molecule has 2 rings (SSSR count). The molecule has 6 heteroatoms. The Kier molecular flexibility index (Phi) is 7.60. The highest BCUT2D eigenvalue weighted by Gasteiger charge is 2.09. The van der Waals surface area contributed by atoms with E-state index in [-0.39, 0.29) is 0 Å². The van der Waals surface area contributed by atoms with Crippen LogP contribution in [0.5, 0.6) is 11.5 Å². The van der Waals surface area contributed by atoms with Crippen LogP contribution in [0, 0.1) is 0 Å². The standard InChI is InChI=1S/C19H27N3O2S/c1-5-24-17-9-8-15(13-18(17)23-4)14-21-19(20-2)22(3)11-10-16-7-6-12-25-16/h6-9,12-13H,5,10-11,14H2,1-4H3,(H,20,21). The number of aliphatic imine (C=N–C) groups is 1. The number of methoxy groups -OCH3 is 1. The van der Waals surface area contributed by atoms with Crippen LogP contribution in [-0.4, -0.2) is 45.2 Å². The third-order valence-corrected chi connectivity index (χ3v) is 4.76. The van der Waals surface area contributed by atoms with E-state index in [9.17, 15) is 0 Å². The maximum absolute atomic E-state index is 5.56. The van der Waals surface area contributed by atoms with E-state index in [0.29, 0.717) is 13.2 Å². The van der Waals surface area contributed by atoms with Crippen LogP contribution in [0.3, 0.4) is 0 Å². The van der Waals surface area contributed by atoms with Crippen LogP contribution in [0.15, 0.2) is 40.7 Å². The van der Waals surface area contributed by atoms with E-state index < -0.39 is 0 Å². The molecule has 5 nitrogen and oxygen atoms in total. The average Bonchev–Trinajstić information content (AvgIpc) is 3.15. The second-order valence-corrected chi connectivity index (χ2v) is 6.60. The summed E-state index contributed by atoms with van der Waals surface area (Å²) in [6.07, 6.45) is 1.02. The van der Waals surface area contributed by atoms with Gasteiger partial charge >= 0.3 is 0 Å². The maximum atomic E-state index is 5.56. The molecule has 0 aliphatic rings. The molecule has 0 bridgehead atoms. The zero-order valence-corrected chi connectivity index (χ0v) is 16.2. The normalized spacial score (nSPS) is 11.3. The van der Waals surface area contributed by atoms with Crippen LogP contribution in [0.25, 0.3) is 0 Å². The smallest absolute Gasteiger partial charge is 0.193 e. The predicted molar refractivity (Wildman–Crippen MR) is 105 cm³/mol. The summed E-state index contributed by atoms with van der Waals surface area (Å²) in [7, 11) is 5.52. The van der Waals surface area contributed by atoms with Crippen LogP contribution in [0.1, 0.15) is 17.4 Å². The molecule has 136 valence electrons. The number of likely N-dealkylation sites (N-methyl/N-ethyl adjacent to an activating group) is 1. The molecule has 0 fully saturated rings. The summed E-state index contributed by atoms with van der Waals surface area (Å²) >= 11 is 1.79. The van der Waals surface area contributed by atoms with E-state index >= 15 is 0 Å². The molecule has 2 aromatic rings. The number of nitrogens with zero attached hydrogens (tertiary/aromatic N) is 2. The van der Waals surface area contributed by atoms with Crippen molar-refractivity contribution in [1.29, 1.82) is 0 Å². The van der Waals surface area contributed by atoms with Crippen molar-refractivity contribution in [1.82, 2.24) is 10.2 Å². The molecule has 0 aliphatic carbocycles. The van der Waals surface area contributed by atoms with Crippen molar-refractivity contribution in [3.8, 4) is 11.5 Å². The molecule has 0 unspecified atom stereocenters. The van der Waals surface area contributed by atoms with Gasteiger partial charge in [-0.25, -0.2) is 0 Å². The van der Waals surface area contributed by atoms with E-state index in [1.807, 2.05) is 32.2 Å². The maximum Gasteiger partial charge on any atom is 0.193 e. The van der Waals surface area contributed by atoms with Gasteiger partial charge in [0.05, 0.1) is 13.7 Å². The van der Waals surface area contributed by atoms with E-state index in [1.54, 1.807) is 18.4 Å². The Morgan fingerprint density at radius 3 is 2.76 bits per heavy atom. The van der Waals surface area contributed by atoms with Crippen molar-refractivity contribution in [3.63, 3.8) is 0 Å². The van der Waals surface area contributed by atoms with E-state index in [4.69, 9.17) is 9.47 Å². The van der Waals surface area contributed by atoms with Crippen LogP contribution < -0.4 is 14.8 Å². The van der Waals surface area contributed by atoms with Crippen molar-refractivity contribution >= 4 is 17.3 Å². The van der Waals surface area contributed by atoms with Gasteiger partial charge in [0.25, 0.3) is 0 Å². The third kappa shape index (κ3) is 5.67. The molecule has 25 heavy (non-hydrogen) atoms. The highest BCUT2D eigenvalue weighted by Crippen LogP contribution is 2.27. The molecular formula is C19H27N3O2S. The molecule has 0 spiro atoms. The molecule has 0 saturated carbocycles. The largest absolute Gasteiger partial charge is 0.493 e. The number of thiophene rings is 1. The van der Waals surface area contributed by atoms with Crippen molar-refractivity contribution in [2.24, 2.45) is 4.99 Å². The molecule has 0 radical (unpaired) electrons. The molecule has 1 N–H and O–H groups in total. The zero-order valence-electron chi connectivity index (χ0n) is 15.4. The monoisotopic (exact) mass is 361 g/mol. The summed E-state index contributed by atoms with van der Waals surface area (Å²) in [5.41, 5.74) is 1.12. The number of ether oxygens (including phenoxy) is 2. The Balaban J connectivity index is 1.91. The molecule has 0 aliphatic heterocycles. The summed E-state index contributed by atoms with van der Waals surface area (Å²) in [5, 5.41) is 5.51. The molecule has 0 saturated heterocycles. The van der Waals surface area contributed by atoms with Gasteiger partial charge in [0.2, 0.25) is 0 Å². The van der Waals surface area contributed by atoms with Gasteiger partial charge in [0.15, 0.2) is 17.5 Å². The number of guanidine groups is 1. The van der Waals surface area contributed by atoms with Gasteiger partial charge in [0, 0.05) is 32.1 Å². The van der Waals surface area contributed by atoms with Gasteiger partial charge in [-0.1, -0.05) is 12.1 Å². The number of hydrogen-bond donors (Lipinski definition) is 1. The lowest BCUT2D eigenvalue weighted by atomic mass is 10.2. The van der Waals surface area contributed by atoms with Crippen molar-refractivity contribution < 1.29 is 9.47 Å². The van der Waals surface area contributed by atoms with Crippen LogP contribution in [0.2, 0.25) is 0 Å². The summed E-state index contributed by atoms with van der Waals surface area (Å²) in [5.74, 6) is 2.40. The first-order valence-corrected chi connectivity index (χ1v) is 9.29. The molecule has 0 amide bonds. The highest BCUT2D eigenvalue weighted by molar-refractivity contribution is 7.09. The summed E-state index contributed by atoms with van der Waals surface area (Å²) in [4.78, 5) is 7.90. The number of rotatable bonds is 8. The Morgan fingerprint density at radius 1 is 1.28 bits per heavy atom. The van der Waals surface area contributed by atoms with Gasteiger partial charge in [-0.05, 0) is 42.5 Å². The number of nitrogens with one attached hydrogen (secondary N) is 1. The fourth-order valence-corrected chi connectivity index (χ4v) is 3.20. The first-order chi connectivity index (χ1) is 12.2. The lowest BCUT2D eigenvalue weighted by Crippen LogP contribution is -2.39. The van der Waals surface area contributed by atoms with Gasteiger partial charge in [-0.3, -0.25) is 4.99 Å². The van der Waals surface area contributed by atoms with Gasteiger partial charge in [0.1, 0.15) is 0 Å². The molecule has 1 heterocycles. The second kappa shape index (κ2) is 9.93. The second-order valence-electron chi connectivity index (χ2n) is 5.57.